The molecule has 2 atom stereocenters. The Morgan fingerprint density at radius 3 is 2.47 bits per heavy atom. The second kappa shape index (κ2) is 8.48. The summed E-state index contributed by atoms with van der Waals surface area (Å²) in [7, 11) is 4.12. The lowest BCUT2D eigenvalue weighted by atomic mass is 10.0. The van der Waals surface area contributed by atoms with Gasteiger partial charge in [-0.3, -0.25) is 4.98 Å². The highest BCUT2D eigenvalue weighted by Gasteiger charge is 2.41. The molecular formula is C24H29N5S. The number of rotatable bonds is 6. The summed E-state index contributed by atoms with van der Waals surface area (Å²) in [6.45, 7) is 5.35. The van der Waals surface area contributed by atoms with Crippen LogP contribution in [0.25, 0.3) is 5.69 Å². The van der Waals surface area contributed by atoms with Crippen LogP contribution < -0.4 is 10.2 Å². The predicted octanol–water partition coefficient (Wildman–Crippen LogP) is 4.57. The van der Waals surface area contributed by atoms with E-state index in [1.54, 1.807) is 0 Å². The second-order valence-corrected chi connectivity index (χ2v) is 8.77. The molecule has 1 N–H and O–H groups in total. The molecule has 0 saturated carbocycles. The van der Waals surface area contributed by atoms with E-state index in [4.69, 9.17) is 12.2 Å². The molecular weight excluding hydrogens is 390 g/mol. The van der Waals surface area contributed by atoms with Gasteiger partial charge in [-0.1, -0.05) is 19.9 Å². The van der Waals surface area contributed by atoms with Gasteiger partial charge in [-0.15, -0.1) is 0 Å². The van der Waals surface area contributed by atoms with E-state index >= 15 is 0 Å². The molecule has 5 nitrogen and oxygen atoms in total. The first-order valence-electron chi connectivity index (χ1n) is 10.4. The van der Waals surface area contributed by atoms with Gasteiger partial charge in [0, 0.05) is 50.1 Å². The van der Waals surface area contributed by atoms with E-state index < -0.39 is 0 Å². The van der Waals surface area contributed by atoms with Crippen LogP contribution in [0.5, 0.6) is 0 Å². The lowest BCUT2D eigenvalue weighted by Gasteiger charge is -2.30. The molecule has 4 rings (SSSR count). The summed E-state index contributed by atoms with van der Waals surface area (Å²) in [6.07, 6.45) is 3.98. The molecule has 6 heteroatoms. The van der Waals surface area contributed by atoms with Crippen LogP contribution in [-0.2, 0) is 0 Å². The smallest absolute Gasteiger partial charge is 0.170 e. The lowest BCUT2D eigenvalue weighted by Crippen LogP contribution is -2.33. The maximum absolute atomic E-state index is 5.76. The number of anilines is 1. The molecule has 3 heterocycles. The molecule has 1 aliphatic heterocycles. The first-order valence-corrected chi connectivity index (χ1v) is 10.8. The van der Waals surface area contributed by atoms with Crippen molar-refractivity contribution in [2.24, 2.45) is 5.92 Å². The van der Waals surface area contributed by atoms with Crippen molar-refractivity contribution in [3.05, 3.63) is 78.4 Å². The van der Waals surface area contributed by atoms with Gasteiger partial charge in [0.2, 0.25) is 0 Å². The fourth-order valence-electron chi connectivity index (χ4n) is 4.10. The van der Waals surface area contributed by atoms with Gasteiger partial charge >= 0.3 is 0 Å². The Balaban J connectivity index is 1.77. The zero-order chi connectivity index (χ0) is 21.3. The monoisotopic (exact) mass is 419 g/mol. The van der Waals surface area contributed by atoms with Gasteiger partial charge in [-0.2, -0.15) is 0 Å². The van der Waals surface area contributed by atoms with Crippen LogP contribution in [0.2, 0.25) is 0 Å². The molecule has 3 aromatic rings. The zero-order valence-electron chi connectivity index (χ0n) is 18.0. The van der Waals surface area contributed by atoms with E-state index in [0.29, 0.717) is 5.92 Å². The number of benzene rings is 1. The minimum atomic E-state index is 0.00662. The highest BCUT2D eigenvalue weighted by atomic mass is 32.1. The summed E-state index contributed by atoms with van der Waals surface area (Å²) in [4.78, 5) is 9.07. The predicted molar refractivity (Wildman–Crippen MR) is 127 cm³/mol. The van der Waals surface area contributed by atoms with Crippen molar-refractivity contribution >= 4 is 23.0 Å². The summed E-state index contributed by atoms with van der Waals surface area (Å²) in [6, 6.07) is 19.1. The Morgan fingerprint density at radius 1 is 1.07 bits per heavy atom. The van der Waals surface area contributed by atoms with Crippen LogP contribution >= 0.6 is 12.2 Å². The van der Waals surface area contributed by atoms with Crippen molar-refractivity contribution in [2.45, 2.75) is 25.9 Å². The van der Waals surface area contributed by atoms with Crippen LogP contribution in [0.15, 0.2) is 67.0 Å². The van der Waals surface area contributed by atoms with Gasteiger partial charge in [0.05, 0.1) is 17.8 Å². The zero-order valence-corrected chi connectivity index (χ0v) is 18.8. The Labute approximate surface area is 184 Å². The summed E-state index contributed by atoms with van der Waals surface area (Å²) >= 11 is 5.76. The third-order valence-electron chi connectivity index (χ3n) is 5.49. The first kappa shape index (κ1) is 20.4. The quantitative estimate of drug-likeness (QED) is 0.593. The molecule has 156 valence electrons. The second-order valence-electron chi connectivity index (χ2n) is 8.39. The maximum Gasteiger partial charge on any atom is 0.170 e. The van der Waals surface area contributed by atoms with Crippen LogP contribution in [0.3, 0.4) is 0 Å². The highest BCUT2D eigenvalue weighted by molar-refractivity contribution is 7.80. The Hall–Kier alpha value is -2.86. The Morgan fingerprint density at radius 2 is 1.83 bits per heavy atom. The molecule has 0 spiro atoms. The van der Waals surface area contributed by atoms with Crippen LogP contribution in [0.4, 0.5) is 5.69 Å². The maximum atomic E-state index is 5.76. The minimum Gasteiger partial charge on any atom is -0.378 e. The molecule has 0 bridgehead atoms. The van der Waals surface area contributed by atoms with Gasteiger partial charge in [-0.05, 0) is 66.7 Å². The van der Waals surface area contributed by atoms with Gasteiger partial charge in [0.1, 0.15) is 0 Å². The number of hydrogen-bond donors (Lipinski definition) is 1. The summed E-state index contributed by atoms with van der Waals surface area (Å²) in [5.74, 6) is 0.498. The van der Waals surface area contributed by atoms with Crippen LogP contribution in [0.1, 0.15) is 37.3 Å². The molecule has 1 saturated heterocycles. The van der Waals surface area contributed by atoms with E-state index in [1.165, 1.54) is 11.4 Å². The minimum absolute atomic E-state index is 0.00662. The van der Waals surface area contributed by atoms with Crippen molar-refractivity contribution in [2.75, 3.05) is 25.5 Å². The molecule has 0 aliphatic carbocycles. The molecule has 1 fully saturated rings. The van der Waals surface area contributed by atoms with Crippen LogP contribution in [0, 0.1) is 5.92 Å². The molecule has 2 aromatic heterocycles. The van der Waals surface area contributed by atoms with Crippen LogP contribution in [-0.4, -0.2) is 40.2 Å². The number of thiocarbonyl (C=S) groups is 1. The Kier molecular flexibility index (Phi) is 5.77. The molecule has 1 aliphatic rings. The van der Waals surface area contributed by atoms with Gasteiger partial charge in [-0.25, -0.2) is 0 Å². The van der Waals surface area contributed by atoms with Gasteiger partial charge in [0.15, 0.2) is 5.11 Å². The van der Waals surface area contributed by atoms with Crippen molar-refractivity contribution < 1.29 is 0 Å². The SMILES string of the molecule is CC(C)CN1C(=S)N[C@@H](c2ccccn2)[C@@H]1c1cccn1-c1ccc(N(C)C)cc1. The summed E-state index contributed by atoms with van der Waals surface area (Å²) < 4.78 is 2.27. The van der Waals surface area contributed by atoms with Crippen molar-refractivity contribution in [3.8, 4) is 5.69 Å². The van der Waals surface area contributed by atoms with Crippen molar-refractivity contribution in [1.29, 1.82) is 0 Å². The van der Waals surface area contributed by atoms with E-state index in [-0.39, 0.29) is 12.1 Å². The average molecular weight is 420 g/mol. The third kappa shape index (κ3) is 3.92. The molecule has 0 unspecified atom stereocenters. The van der Waals surface area contributed by atoms with E-state index in [0.717, 1.165) is 23.0 Å². The number of pyridine rings is 1. The lowest BCUT2D eigenvalue weighted by molar-refractivity contribution is 0.280. The third-order valence-corrected chi connectivity index (χ3v) is 5.84. The van der Waals surface area contributed by atoms with E-state index in [2.05, 4.69) is 101 Å². The number of aromatic nitrogens is 2. The largest absolute Gasteiger partial charge is 0.378 e. The fourth-order valence-corrected chi connectivity index (χ4v) is 4.41. The van der Waals surface area contributed by atoms with Crippen molar-refractivity contribution in [1.82, 2.24) is 19.8 Å². The Bertz CT molecular complexity index is 994. The van der Waals surface area contributed by atoms with E-state index in [1.807, 2.05) is 18.3 Å². The van der Waals surface area contributed by atoms with Gasteiger partial charge < -0.3 is 19.7 Å². The first-order chi connectivity index (χ1) is 14.5. The topological polar surface area (TPSA) is 36.3 Å². The number of nitrogens with one attached hydrogen (secondary N) is 1. The summed E-state index contributed by atoms with van der Waals surface area (Å²) in [5.41, 5.74) is 4.54. The molecule has 30 heavy (non-hydrogen) atoms. The molecule has 1 aromatic carbocycles. The number of hydrogen-bond acceptors (Lipinski definition) is 3. The van der Waals surface area contributed by atoms with Gasteiger partial charge in [0.25, 0.3) is 0 Å². The highest BCUT2D eigenvalue weighted by Crippen LogP contribution is 2.40. The average Bonchev–Trinajstić information content (AvgIpc) is 3.33. The normalized spacial score (nSPS) is 18.7. The molecule has 0 radical (unpaired) electrons. The molecule has 0 amide bonds. The summed E-state index contributed by atoms with van der Waals surface area (Å²) in [5, 5.41) is 4.33. The number of nitrogens with zero attached hydrogens (tertiary/aromatic N) is 4. The van der Waals surface area contributed by atoms with Crippen molar-refractivity contribution in [3.63, 3.8) is 0 Å². The van der Waals surface area contributed by atoms with E-state index in [9.17, 15) is 0 Å². The fraction of sp³-hybridized carbons (Fsp3) is 0.333. The standard InChI is InChI=1S/C24H29N5S/c1-17(2)16-29-23(22(26-24(29)30)20-8-5-6-14-25-20)21-9-7-15-28(21)19-12-10-18(11-13-19)27(3)4/h5-15,17,22-23H,16H2,1-4H3,(H,26,30)/t22-,23-/m0/s1.